The molecule has 0 bridgehead atoms. The number of amides is 2. The van der Waals surface area contributed by atoms with Gasteiger partial charge in [-0.25, -0.2) is 4.39 Å². The Morgan fingerprint density at radius 2 is 1.70 bits per heavy atom. The predicted octanol–water partition coefficient (Wildman–Crippen LogP) is 0.727. The molecule has 0 fully saturated rings. The number of rotatable bonds is 13. The van der Waals surface area contributed by atoms with E-state index in [2.05, 4.69) is 20.6 Å². The van der Waals surface area contributed by atoms with Crippen molar-refractivity contribution in [2.75, 3.05) is 40.5 Å². The number of nitrogens with zero attached hydrogens (tertiary/aromatic N) is 2. The molecule has 1 atom stereocenters. The Morgan fingerprint density at radius 1 is 1.06 bits per heavy atom. The van der Waals surface area contributed by atoms with Crippen LogP contribution in [0.2, 0.25) is 5.02 Å². The van der Waals surface area contributed by atoms with Crippen molar-refractivity contribution in [3.63, 3.8) is 0 Å². The van der Waals surface area contributed by atoms with Crippen molar-refractivity contribution in [3.05, 3.63) is 35.1 Å². The van der Waals surface area contributed by atoms with Crippen LogP contribution in [0.25, 0.3) is 0 Å². The maximum Gasteiger partial charge on any atom is 0.323 e. The van der Waals surface area contributed by atoms with Crippen LogP contribution in [0.4, 0.5) is 4.39 Å². The van der Waals surface area contributed by atoms with E-state index in [0.717, 1.165) is 6.07 Å². The van der Waals surface area contributed by atoms with Crippen molar-refractivity contribution in [2.24, 2.45) is 0 Å². The zero-order chi connectivity index (χ0) is 24.2. The Hall–Kier alpha value is -3.38. The van der Waals surface area contributed by atoms with Crippen molar-refractivity contribution in [3.8, 4) is 23.5 Å². The number of aromatic nitrogens is 2. The monoisotopic (exact) mass is 486 g/mol. The minimum atomic E-state index is -0.909. The summed E-state index contributed by atoms with van der Waals surface area (Å²) in [5, 5.41) is 14.9. The number of carbonyl (C=O) groups is 2. The van der Waals surface area contributed by atoms with E-state index in [0.29, 0.717) is 0 Å². The van der Waals surface area contributed by atoms with Crippen LogP contribution in [-0.4, -0.2) is 73.5 Å². The number of ether oxygens (including phenoxy) is 4. The van der Waals surface area contributed by atoms with Gasteiger partial charge in [0.2, 0.25) is 11.8 Å². The molecule has 0 aliphatic heterocycles. The van der Waals surface area contributed by atoms with Gasteiger partial charge in [0.25, 0.3) is 11.8 Å². The van der Waals surface area contributed by atoms with Gasteiger partial charge < -0.3 is 34.7 Å². The number of carbonyl (C=O) groups excluding carboxylic acids is 2. The van der Waals surface area contributed by atoms with E-state index >= 15 is 0 Å². The summed E-state index contributed by atoms with van der Waals surface area (Å²) in [6.45, 7) is -0.631. The summed E-state index contributed by atoms with van der Waals surface area (Å²) in [6.07, 6.45) is -0.729. The number of halogens is 2. The maximum atomic E-state index is 13.3. The maximum absolute atomic E-state index is 13.3. The van der Waals surface area contributed by atoms with Gasteiger partial charge in [0.05, 0.1) is 31.4 Å². The second-order valence-electron chi connectivity index (χ2n) is 6.49. The lowest BCUT2D eigenvalue weighted by Gasteiger charge is -2.13. The molecule has 13 heteroatoms. The molecule has 3 N–H and O–H groups in total. The quantitative estimate of drug-likeness (QED) is 0.373. The zero-order valence-corrected chi connectivity index (χ0v) is 18.7. The summed E-state index contributed by atoms with van der Waals surface area (Å²) in [6, 6.07) is 5.17. The summed E-state index contributed by atoms with van der Waals surface area (Å²) >= 11 is 5.57. The van der Waals surface area contributed by atoms with Gasteiger partial charge in [-0.2, -0.15) is 9.97 Å². The lowest BCUT2D eigenvalue weighted by molar-refractivity contribution is -0.124. The van der Waals surface area contributed by atoms with Crippen molar-refractivity contribution in [1.29, 1.82) is 0 Å². The number of benzene rings is 1. The second kappa shape index (κ2) is 13.2. The fourth-order valence-corrected chi connectivity index (χ4v) is 2.43. The van der Waals surface area contributed by atoms with Crippen molar-refractivity contribution in [1.82, 2.24) is 20.6 Å². The lowest BCUT2D eigenvalue weighted by atomic mass is 10.2. The molecule has 2 aromatic rings. The molecular weight excluding hydrogens is 463 g/mol. The van der Waals surface area contributed by atoms with Crippen LogP contribution in [0.3, 0.4) is 0 Å². The van der Waals surface area contributed by atoms with Crippen LogP contribution >= 0.6 is 11.6 Å². The molecule has 180 valence electrons. The lowest BCUT2D eigenvalue weighted by Crippen LogP contribution is -2.37. The first-order valence-corrected chi connectivity index (χ1v) is 10.1. The molecule has 1 heterocycles. The molecule has 0 unspecified atom stereocenters. The summed E-state index contributed by atoms with van der Waals surface area (Å²) in [7, 11) is 2.83. The number of methoxy groups -OCH3 is 2. The fourth-order valence-electron chi connectivity index (χ4n) is 2.32. The van der Waals surface area contributed by atoms with Crippen LogP contribution in [0, 0.1) is 5.82 Å². The van der Waals surface area contributed by atoms with E-state index < -0.39 is 23.7 Å². The molecule has 1 aromatic carbocycles. The Balaban J connectivity index is 1.61. The van der Waals surface area contributed by atoms with Crippen LogP contribution in [0.1, 0.15) is 6.42 Å². The predicted molar refractivity (Wildman–Crippen MR) is 114 cm³/mol. The minimum absolute atomic E-state index is 0.0479. The summed E-state index contributed by atoms with van der Waals surface area (Å²) < 4.78 is 33.7. The highest BCUT2D eigenvalue weighted by atomic mass is 35.5. The highest BCUT2D eigenvalue weighted by Gasteiger charge is 2.12. The number of nitrogens with one attached hydrogen (secondary N) is 2. The molecule has 2 rings (SSSR count). The Labute approximate surface area is 194 Å². The third-order valence-electron chi connectivity index (χ3n) is 4.00. The summed E-state index contributed by atoms with van der Waals surface area (Å²) in [5.41, 5.74) is 0. The van der Waals surface area contributed by atoms with E-state index in [1.807, 2.05) is 0 Å². The Morgan fingerprint density at radius 3 is 2.33 bits per heavy atom. The molecular formula is C20H24ClFN4O7. The summed E-state index contributed by atoms with van der Waals surface area (Å²) in [5.74, 6) is -1.03. The van der Waals surface area contributed by atoms with Crippen LogP contribution < -0.4 is 29.6 Å². The van der Waals surface area contributed by atoms with Gasteiger partial charge in [0, 0.05) is 19.2 Å². The number of hydrogen-bond acceptors (Lipinski definition) is 9. The number of aliphatic hydroxyl groups is 1. The largest absolute Gasteiger partial charge is 0.484 e. The standard InChI is InChI=1S/C20H24ClFN4O7/c1-30-18-8-19(31-2)26-20(25-18)33-11-17(29)24-9-12(27)5-6-23-16(28)10-32-13-3-4-14(21)15(22)7-13/h3-4,7-8,12,27H,5-6,9-11H2,1-2H3,(H,23,28)(H,24,29)/t12-/m0/s1. The smallest absolute Gasteiger partial charge is 0.323 e. The Bertz CT molecular complexity index is 928. The van der Waals surface area contributed by atoms with Gasteiger partial charge in [-0.1, -0.05) is 11.6 Å². The zero-order valence-electron chi connectivity index (χ0n) is 18.0. The highest BCUT2D eigenvalue weighted by Crippen LogP contribution is 2.20. The molecule has 0 spiro atoms. The molecule has 11 nitrogen and oxygen atoms in total. The first kappa shape index (κ1) is 25.9. The third kappa shape index (κ3) is 9.33. The molecule has 0 aliphatic rings. The van der Waals surface area contributed by atoms with E-state index in [4.69, 9.17) is 30.5 Å². The molecule has 0 aliphatic carbocycles. The molecule has 0 saturated heterocycles. The normalized spacial score (nSPS) is 11.3. The first-order chi connectivity index (χ1) is 15.8. The van der Waals surface area contributed by atoms with Crippen LogP contribution in [0.5, 0.6) is 23.5 Å². The van der Waals surface area contributed by atoms with E-state index in [9.17, 15) is 19.1 Å². The van der Waals surface area contributed by atoms with E-state index in [1.165, 1.54) is 32.4 Å². The van der Waals surface area contributed by atoms with E-state index in [1.54, 1.807) is 0 Å². The van der Waals surface area contributed by atoms with Crippen molar-refractivity contribution >= 4 is 23.4 Å². The van der Waals surface area contributed by atoms with Gasteiger partial charge in [-0.15, -0.1) is 0 Å². The minimum Gasteiger partial charge on any atom is -0.484 e. The van der Waals surface area contributed by atoms with Crippen molar-refractivity contribution in [2.45, 2.75) is 12.5 Å². The second-order valence-corrected chi connectivity index (χ2v) is 6.89. The molecule has 0 saturated carbocycles. The van der Waals surface area contributed by atoms with Crippen LogP contribution in [-0.2, 0) is 9.59 Å². The number of aliphatic hydroxyl groups excluding tert-OH is 1. The topological polar surface area (TPSA) is 141 Å². The SMILES string of the molecule is COc1cc(OC)nc(OCC(=O)NC[C@@H](O)CCNC(=O)COc2ccc(Cl)c(F)c2)n1. The molecule has 33 heavy (non-hydrogen) atoms. The summed E-state index contributed by atoms with van der Waals surface area (Å²) in [4.78, 5) is 31.5. The highest BCUT2D eigenvalue weighted by molar-refractivity contribution is 6.30. The molecule has 0 radical (unpaired) electrons. The fraction of sp³-hybridized carbons (Fsp3) is 0.400. The van der Waals surface area contributed by atoms with Gasteiger partial charge in [-0.3, -0.25) is 9.59 Å². The average molecular weight is 487 g/mol. The average Bonchev–Trinajstić information content (AvgIpc) is 2.81. The van der Waals surface area contributed by atoms with Gasteiger partial charge >= 0.3 is 6.01 Å². The first-order valence-electron chi connectivity index (χ1n) is 9.70. The third-order valence-corrected chi connectivity index (χ3v) is 4.31. The molecule has 2 amide bonds. The van der Waals surface area contributed by atoms with E-state index in [-0.39, 0.29) is 61.3 Å². The van der Waals surface area contributed by atoms with Crippen LogP contribution in [0.15, 0.2) is 24.3 Å². The van der Waals surface area contributed by atoms with Gasteiger partial charge in [-0.05, 0) is 18.6 Å². The molecule has 1 aromatic heterocycles. The van der Waals surface area contributed by atoms with Crippen molar-refractivity contribution < 1.29 is 38.0 Å². The Kier molecular flexibility index (Phi) is 10.4. The number of hydrogen-bond donors (Lipinski definition) is 3. The van der Waals surface area contributed by atoms with Gasteiger partial charge in [0.1, 0.15) is 11.6 Å². The van der Waals surface area contributed by atoms with Gasteiger partial charge in [0.15, 0.2) is 13.2 Å².